The summed E-state index contributed by atoms with van der Waals surface area (Å²) in [6.45, 7) is 2.13. The Balaban J connectivity index is 2.21. The highest BCUT2D eigenvalue weighted by atomic mass is 19.2. The largest absolute Gasteiger partial charge is 0.204 e. The van der Waals surface area contributed by atoms with Crippen molar-refractivity contribution in [2.45, 2.75) is 26.2 Å². The second-order valence-corrected chi connectivity index (χ2v) is 5.34. The molecule has 0 unspecified atom stereocenters. The molecule has 3 rings (SSSR count). The highest BCUT2D eigenvalue weighted by Gasteiger charge is 2.14. The number of hydrogen-bond acceptors (Lipinski definition) is 0. The molecule has 0 amide bonds. The summed E-state index contributed by atoms with van der Waals surface area (Å²) in [4.78, 5) is 0. The summed E-state index contributed by atoms with van der Waals surface area (Å²) in [7, 11) is 0. The lowest BCUT2D eigenvalue weighted by Gasteiger charge is -2.07. The lowest BCUT2D eigenvalue weighted by molar-refractivity contribution is 0.453. The molecule has 0 N–H and O–H groups in total. The minimum absolute atomic E-state index is 0.119. The summed E-state index contributed by atoms with van der Waals surface area (Å²) in [6, 6.07) is 10.3. The van der Waals surface area contributed by atoms with Crippen LogP contribution in [0.3, 0.4) is 0 Å². The van der Waals surface area contributed by atoms with Gasteiger partial charge in [0.1, 0.15) is 0 Å². The van der Waals surface area contributed by atoms with Crippen LogP contribution >= 0.6 is 0 Å². The predicted octanol–water partition coefficient (Wildman–Crippen LogP) is 5.75. The summed E-state index contributed by atoms with van der Waals surface area (Å²) in [5, 5.41) is 2.24. The van der Waals surface area contributed by atoms with Gasteiger partial charge in [-0.05, 0) is 52.8 Å². The fourth-order valence-corrected chi connectivity index (χ4v) is 2.63. The fourth-order valence-electron chi connectivity index (χ4n) is 2.63. The lowest BCUT2D eigenvalue weighted by atomic mass is 9.99. The van der Waals surface area contributed by atoms with Crippen molar-refractivity contribution in [2.75, 3.05) is 0 Å². The Morgan fingerprint density at radius 2 is 1.62 bits per heavy atom. The van der Waals surface area contributed by atoms with Crippen LogP contribution in [0.5, 0.6) is 0 Å². The first-order valence-electron chi connectivity index (χ1n) is 7.10. The van der Waals surface area contributed by atoms with Crippen molar-refractivity contribution in [2.24, 2.45) is 0 Å². The third-order valence-electron chi connectivity index (χ3n) is 3.81. The summed E-state index contributed by atoms with van der Waals surface area (Å²) in [6.07, 6.45) is 3.16. The van der Waals surface area contributed by atoms with Crippen LogP contribution in [0.1, 0.15) is 25.3 Å². The second-order valence-electron chi connectivity index (χ2n) is 5.34. The van der Waals surface area contributed by atoms with Crippen LogP contribution in [0.15, 0.2) is 36.4 Å². The van der Waals surface area contributed by atoms with Gasteiger partial charge in [0.25, 0.3) is 0 Å². The Morgan fingerprint density at radius 1 is 0.810 bits per heavy atom. The van der Waals surface area contributed by atoms with Crippen LogP contribution in [-0.4, -0.2) is 0 Å². The molecule has 3 aromatic carbocycles. The zero-order chi connectivity index (χ0) is 15.0. The zero-order valence-electron chi connectivity index (χ0n) is 11.7. The molecule has 0 nitrogen and oxygen atoms in total. The molecule has 3 aromatic rings. The van der Waals surface area contributed by atoms with E-state index < -0.39 is 17.5 Å². The molecule has 21 heavy (non-hydrogen) atoms. The van der Waals surface area contributed by atoms with Crippen molar-refractivity contribution in [3.05, 3.63) is 59.4 Å². The van der Waals surface area contributed by atoms with Gasteiger partial charge in [-0.1, -0.05) is 31.5 Å². The number of aryl methyl sites for hydroxylation is 1. The molecule has 0 fully saturated rings. The minimum atomic E-state index is -1.41. The smallest absolute Gasteiger partial charge is 0.195 e. The number of halogens is 3. The average Bonchev–Trinajstić information content (AvgIpc) is 2.49. The van der Waals surface area contributed by atoms with E-state index in [9.17, 15) is 13.2 Å². The Hall–Kier alpha value is -2.03. The molecule has 0 aliphatic heterocycles. The Labute approximate surface area is 121 Å². The van der Waals surface area contributed by atoms with Gasteiger partial charge in [0.05, 0.1) is 0 Å². The van der Waals surface area contributed by atoms with Gasteiger partial charge < -0.3 is 0 Å². The van der Waals surface area contributed by atoms with Crippen molar-refractivity contribution in [1.82, 2.24) is 0 Å². The first-order chi connectivity index (χ1) is 10.1. The predicted molar refractivity (Wildman–Crippen MR) is 79.9 cm³/mol. The maximum absolute atomic E-state index is 13.9. The molecule has 0 bridgehead atoms. The summed E-state index contributed by atoms with van der Waals surface area (Å²) in [5.41, 5.74) is 1.17. The maximum atomic E-state index is 13.9. The molecule has 3 heteroatoms. The molecule has 0 radical (unpaired) electrons. The van der Waals surface area contributed by atoms with Crippen molar-refractivity contribution in [1.29, 1.82) is 0 Å². The molecule has 0 aliphatic carbocycles. The van der Waals surface area contributed by atoms with Crippen LogP contribution in [0.4, 0.5) is 13.2 Å². The van der Waals surface area contributed by atoms with E-state index in [1.165, 1.54) is 5.56 Å². The standard InChI is InChI=1S/C18H15F3/c1-2-3-4-11-5-6-12-8-14-10-16(19)18(21)17(20)15(14)9-13(12)7-11/h5-10H,2-4H2,1H3. The Bertz CT molecular complexity index is 822. The number of rotatable bonds is 3. The van der Waals surface area contributed by atoms with E-state index >= 15 is 0 Å². The van der Waals surface area contributed by atoms with Gasteiger partial charge in [-0.25, -0.2) is 13.2 Å². The van der Waals surface area contributed by atoms with Gasteiger partial charge in [0.2, 0.25) is 0 Å². The first-order valence-corrected chi connectivity index (χ1v) is 7.10. The van der Waals surface area contributed by atoms with Gasteiger partial charge in [0, 0.05) is 5.39 Å². The van der Waals surface area contributed by atoms with Gasteiger partial charge >= 0.3 is 0 Å². The SMILES string of the molecule is CCCCc1ccc2cc3cc(F)c(F)c(F)c3cc2c1. The van der Waals surface area contributed by atoms with Gasteiger partial charge in [0.15, 0.2) is 17.5 Å². The van der Waals surface area contributed by atoms with Crippen LogP contribution in [0.25, 0.3) is 21.5 Å². The topological polar surface area (TPSA) is 0 Å². The quantitative estimate of drug-likeness (QED) is 0.425. The molecule has 0 atom stereocenters. The highest BCUT2D eigenvalue weighted by molar-refractivity contribution is 5.98. The maximum Gasteiger partial charge on any atom is 0.195 e. The van der Waals surface area contributed by atoms with Gasteiger partial charge in [-0.2, -0.15) is 0 Å². The molecule has 108 valence electrons. The van der Waals surface area contributed by atoms with Crippen molar-refractivity contribution < 1.29 is 13.2 Å². The summed E-state index contributed by atoms with van der Waals surface area (Å²) < 4.78 is 40.5. The fraction of sp³-hybridized carbons (Fsp3) is 0.222. The second kappa shape index (κ2) is 5.40. The van der Waals surface area contributed by atoms with E-state index in [4.69, 9.17) is 0 Å². The van der Waals surface area contributed by atoms with Crippen molar-refractivity contribution in [3.63, 3.8) is 0 Å². The molecule has 0 saturated carbocycles. The zero-order valence-corrected chi connectivity index (χ0v) is 11.7. The average molecular weight is 288 g/mol. The van der Waals surface area contributed by atoms with E-state index in [-0.39, 0.29) is 5.39 Å². The lowest BCUT2D eigenvalue weighted by Crippen LogP contribution is -1.92. The molecule has 0 aromatic heterocycles. The number of benzene rings is 3. The van der Waals surface area contributed by atoms with Crippen LogP contribution in [-0.2, 0) is 6.42 Å². The van der Waals surface area contributed by atoms with E-state index in [0.717, 1.165) is 36.1 Å². The van der Waals surface area contributed by atoms with Crippen LogP contribution < -0.4 is 0 Å². The molecule has 0 heterocycles. The molecular formula is C18H15F3. The molecule has 0 saturated heterocycles. The number of fused-ring (bicyclic) bond motifs is 2. The molecule has 0 aliphatic rings. The highest BCUT2D eigenvalue weighted by Crippen LogP contribution is 2.28. The van der Waals surface area contributed by atoms with E-state index in [1.54, 1.807) is 12.1 Å². The van der Waals surface area contributed by atoms with Crippen molar-refractivity contribution in [3.8, 4) is 0 Å². The van der Waals surface area contributed by atoms with E-state index in [2.05, 4.69) is 6.92 Å². The summed E-state index contributed by atoms with van der Waals surface area (Å²) in [5.74, 6) is -3.69. The van der Waals surface area contributed by atoms with E-state index in [0.29, 0.717) is 5.39 Å². The van der Waals surface area contributed by atoms with Crippen LogP contribution in [0.2, 0.25) is 0 Å². The third-order valence-corrected chi connectivity index (χ3v) is 3.81. The van der Waals surface area contributed by atoms with E-state index in [1.807, 2.05) is 18.2 Å². The Morgan fingerprint density at radius 3 is 2.38 bits per heavy atom. The van der Waals surface area contributed by atoms with Crippen LogP contribution in [0, 0.1) is 17.5 Å². The normalized spacial score (nSPS) is 11.4. The van der Waals surface area contributed by atoms with Gasteiger partial charge in [-0.3, -0.25) is 0 Å². The number of unbranched alkanes of at least 4 members (excludes halogenated alkanes) is 1. The monoisotopic (exact) mass is 288 g/mol. The molecule has 0 spiro atoms. The summed E-state index contributed by atoms with van der Waals surface area (Å²) >= 11 is 0. The van der Waals surface area contributed by atoms with Gasteiger partial charge in [-0.15, -0.1) is 0 Å². The first kappa shape index (κ1) is 13.9. The number of hydrogen-bond donors (Lipinski definition) is 0. The minimum Gasteiger partial charge on any atom is -0.204 e. The third kappa shape index (κ3) is 2.48. The molecular weight excluding hydrogens is 273 g/mol. The Kier molecular flexibility index (Phi) is 3.58. The van der Waals surface area contributed by atoms with Crippen molar-refractivity contribution >= 4 is 21.5 Å².